The van der Waals surface area contributed by atoms with Crippen molar-refractivity contribution in [3.8, 4) is 0 Å². The topological polar surface area (TPSA) is 89.0 Å². The van der Waals surface area contributed by atoms with Crippen LogP contribution in [-0.4, -0.2) is 44.7 Å². The molecule has 6 atom stereocenters. The van der Waals surface area contributed by atoms with Crippen LogP contribution >= 0.6 is 11.8 Å². The average Bonchev–Trinajstić information content (AvgIpc) is 3.43. The van der Waals surface area contributed by atoms with Crippen LogP contribution in [0, 0.1) is 17.8 Å². The van der Waals surface area contributed by atoms with Gasteiger partial charge >= 0.3 is 5.69 Å². The number of hydrogen-bond acceptors (Lipinski definition) is 5. The number of fused-ring (bicyclic) bond motifs is 2. The summed E-state index contributed by atoms with van der Waals surface area (Å²) < 4.78 is 7.23. The van der Waals surface area contributed by atoms with Crippen molar-refractivity contribution in [2.24, 2.45) is 17.8 Å². The highest BCUT2D eigenvalue weighted by Crippen LogP contribution is 2.49. The zero-order valence-electron chi connectivity index (χ0n) is 16.1. The zero-order chi connectivity index (χ0) is 19.0. The molecule has 2 heterocycles. The number of carbonyl (C=O) groups is 1. The van der Waals surface area contributed by atoms with Crippen molar-refractivity contribution in [1.82, 2.24) is 20.1 Å². The number of ether oxygens (including phenoxy) is 1. The summed E-state index contributed by atoms with van der Waals surface area (Å²) in [6, 6.07) is 0.212. The van der Waals surface area contributed by atoms with Crippen LogP contribution in [0.15, 0.2) is 9.95 Å². The standard InChI is InChI=1S/C19H30N4O3S/c1-11(16-9-13-5-6-14(16)8-13)20-17(24)12(2)27-19-22-21-18(25)23(19)10-15-4-3-7-26-15/h11-16H,3-10H2,1-2H3,(H,20,24)(H,21,25). The summed E-state index contributed by atoms with van der Waals surface area (Å²) in [6.45, 7) is 5.26. The Morgan fingerprint density at radius 3 is 2.89 bits per heavy atom. The molecule has 1 aliphatic heterocycles. The lowest BCUT2D eigenvalue weighted by Crippen LogP contribution is -2.43. The Labute approximate surface area is 164 Å². The molecule has 2 N–H and O–H groups in total. The molecule has 27 heavy (non-hydrogen) atoms. The van der Waals surface area contributed by atoms with Gasteiger partial charge in [0.2, 0.25) is 5.91 Å². The van der Waals surface area contributed by atoms with Crippen LogP contribution in [0.1, 0.15) is 52.4 Å². The van der Waals surface area contributed by atoms with Crippen molar-refractivity contribution < 1.29 is 9.53 Å². The van der Waals surface area contributed by atoms with Gasteiger partial charge in [0, 0.05) is 12.6 Å². The predicted molar refractivity (Wildman–Crippen MR) is 104 cm³/mol. The van der Waals surface area contributed by atoms with E-state index in [-0.39, 0.29) is 29.0 Å². The monoisotopic (exact) mass is 394 g/mol. The van der Waals surface area contributed by atoms with Crippen molar-refractivity contribution >= 4 is 17.7 Å². The highest BCUT2D eigenvalue weighted by atomic mass is 32.2. The molecule has 6 unspecified atom stereocenters. The minimum atomic E-state index is -0.301. The first-order valence-corrected chi connectivity index (χ1v) is 11.1. The minimum absolute atomic E-state index is 0.0226. The van der Waals surface area contributed by atoms with Gasteiger partial charge in [-0.2, -0.15) is 0 Å². The van der Waals surface area contributed by atoms with E-state index in [9.17, 15) is 9.59 Å². The van der Waals surface area contributed by atoms with Crippen molar-refractivity contribution in [2.45, 2.75) is 81.5 Å². The number of nitrogens with one attached hydrogen (secondary N) is 2. The van der Waals surface area contributed by atoms with Crippen molar-refractivity contribution in [2.75, 3.05) is 6.61 Å². The molecule has 7 nitrogen and oxygen atoms in total. The molecule has 3 aliphatic rings. The Balaban J connectivity index is 1.33. The van der Waals surface area contributed by atoms with E-state index in [0.717, 1.165) is 31.3 Å². The Bertz CT molecular complexity index is 727. The molecule has 1 saturated heterocycles. The highest BCUT2D eigenvalue weighted by Gasteiger charge is 2.42. The lowest BCUT2D eigenvalue weighted by atomic mass is 9.84. The number of hydrogen-bond donors (Lipinski definition) is 2. The number of H-pyrrole nitrogens is 1. The lowest BCUT2D eigenvalue weighted by Gasteiger charge is -2.29. The molecular weight excluding hydrogens is 364 g/mol. The Morgan fingerprint density at radius 2 is 2.22 bits per heavy atom. The largest absolute Gasteiger partial charge is 0.376 e. The van der Waals surface area contributed by atoms with Crippen LogP contribution in [0.5, 0.6) is 0 Å². The van der Waals surface area contributed by atoms with Gasteiger partial charge in [0.25, 0.3) is 0 Å². The SMILES string of the molecule is CC(Sc1n[nH]c(=O)n1CC1CCCO1)C(=O)NC(C)C1CC2CCC1C2. The number of thioether (sulfide) groups is 1. The van der Waals surface area contributed by atoms with E-state index >= 15 is 0 Å². The third-order valence-electron chi connectivity index (χ3n) is 6.59. The fourth-order valence-corrected chi connectivity index (χ4v) is 5.99. The van der Waals surface area contributed by atoms with E-state index < -0.39 is 0 Å². The van der Waals surface area contributed by atoms with Crippen LogP contribution in [0.3, 0.4) is 0 Å². The maximum atomic E-state index is 12.7. The zero-order valence-corrected chi connectivity index (χ0v) is 17.0. The van der Waals surface area contributed by atoms with Gasteiger partial charge < -0.3 is 10.1 Å². The molecule has 150 valence electrons. The number of amides is 1. The van der Waals surface area contributed by atoms with Gasteiger partial charge in [-0.1, -0.05) is 18.2 Å². The van der Waals surface area contributed by atoms with Gasteiger partial charge in [0.05, 0.1) is 17.9 Å². The van der Waals surface area contributed by atoms with E-state index in [0.29, 0.717) is 17.6 Å². The van der Waals surface area contributed by atoms with Gasteiger partial charge in [0.1, 0.15) is 0 Å². The van der Waals surface area contributed by atoms with Gasteiger partial charge in [-0.15, -0.1) is 5.10 Å². The fourth-order valence-electron chi connectivity index (χ4n) is 5.11. The number of rotatable bonds is 7. The number of aromatic amines is 1. The summed E-state index contributed by atoms with van der Waals surface area (Å²) in [4.78, 5) is 24.8. The lowest BCUT2D eigenvalue weighted by molar-refractivity contribution is -0.121. The van der Waals surface area contributed by atoms with Gasteiger partial charge in [-0.05, 0) is 63.7 Å². The second kappa shape index (κ2) is 7.99. The Hall–Kier alpha value is -1.28. The third-order valence-corrected chi connectivity index (χ3v) is 7.68. The van der Waals surface area contributed by atoms with E-state index in [4.69, 9.17) is 4.74 Å². The Morgan fingerprint density at radius 1 is 1.37 bits per heavy atom. The number of carbonyl (C=O) groups excluding carboxylic acids is 1. The predicted octanol–water partition coefficient (Wildman–Crippen LogP) is 2.17. The van der Waals surface area contributed by atoms with Crippen LogP contribution in [-0.2, 0) is 16.1 Å². The number of nitrogens with zero attached hydrogens (tertiary/aromatic N) is 2. The average molecular weight is 395 g/mol. The molecular formula is C19H30N4O3S. The first kappa shape index (κ1) is 19.1. The van der Waals surface area contributed by atoms with Crippen molar-refractivity contribution in [3.63, 3.8) is 0 Å². The van der Waals surface area contributed by atoms with Gasteiger partial charge in [-0.25, -0.2) is 9.89 Å². The van der Waals surface area contributed by atoms with Crippen LogP contribution < -0.4 is 11.0 Å². The van der Waals surface area contributed by atoms with E-state index in [1.54, 1.807) is 4.57 Å². The second-order valence-electron chi connectivity index (χ2n) is 8.45. The Kier molecular flexibility index (Phi) is 5.64. The molecule has 2 saturated carbocycles. The van der Waals surface area contributed by atoms with Crippen LogP contribution in [0.4, 0.5) is 0 Å². The summed E-state index contributed by atoms with van der Waals surface area (Å²) in [5.41, 5.74) is -0.240. The van der Waals surface area contributed by atoms with Crippen LogP contribution in [0.25, 0.3) is 0 Å². The summed E-state index contributed by atoms with van der Waals surface area (Å²) in [5, 5.41) is 10.1. The van der Waals surface area contributed by atoms with Crippen molar-refractivity contribution in [3.05, 3.63) is 10.5 Å². The molecule has 2 aliphatic carbocycles. The molecule has 0 aromatic carbocycles. The summed E-state index contributed by atoms with van der Waals surface area (Å²) in [7, 11) is 0. The maximum Gasteiger partial charge on any atom is 0.344 e. The smallest absolute Gasteiger partial charge is 0.344 e. The summed E-state index contributed by atoms with van der Waals surface area (Å²) in [5.74, 6) is 2.31. The molecule has 2 bridgehead atoms. The van der Waals surface area contributed by atoms with E-state index in [1.165, 1.54) is 37.4 Å². The number of aromatic nitrogens is 3. The van der Waals surface area contributed by atoms with E-state index in [2.05, 4.69) is 22.4 Å². The van der Waals surface area contributed by atoms with E-state index in [1.807, 2.05) is 6.92 Å². The summed E-state index contributed by atoms with van der Waals surface area (Å²) >= 11 is 1.34. The molecule has 0 spiro atoms. The third kappa shape index (κ3) is 4.11. The fraction of sp³-hybridized carbons (Fsp3) is 0.842. The molecule has 1 amide bonds. The maximum absolute atomic E-state index is 12.7. The first-order valence-electron chi connectivity index (χ1n) is 10.2. The van der Waals surface area contributed by atoms with Gasteiger partial charge in [-0.3, -0.25) is 9.36 Å². The van der Waals surface area contributed by atoms with Crippen molar-refractivity contribution in [1.29, 1.82) is 0 Å². The molecule has 1 aromatic rings. The quantitative estimate of drug-likeness (QED) is 0.692. The summed E-state index contributed by atoms with van der Waals surface area (Å²) in [6.07, 6.45) is 7.34. The minimum Gasteiger partial charge on any atom is -0.376 e. The first-order chi connectivity index (χ1) is 13.0. The molecule has 8 heteroatoms. The molecule has 3 fully saturated rings. The molecule has 0 radical (unpaired) electrons. The highest BCUT2D eigenvalue weighted by molar-refractivity contribution is 8.00. The van der Waals surface area contributed by atoms with Gasteiger partial charge in [0.15, 0.2) is 5.16 Å². The second-order valence-corrected chi connectivity index (χ2v) is 9.76. The van der Waals surface area contributed by atoms with Crippen LogP contribution in [0.2, 0.25) is 0 Å². The molecule has 1 aromatic heterocycles. The normalized spacial score (nSPS) is 31.9. The molecule has 4 rings (SSSR count).